The van der Waals surface area contributed by atoms with Crippen molar-refractivity contribution < 1.29 is 0 Å². The van der Waals surface area contributed by atoms with Crippen LogP contribution in [0.1, 0.15) is 19.3 Å². The van der Waals surface area contributed by atoms with Gasteiger partial charge in [0.15, 0.2) is 5.82 Å². The zero-order valence-corrected chi connectivity index (χ0v) is 11.8. The summed E-state index contributed by atoms with van der Waals surface area (Å²) in [4.78, 5) is 0. The fraction of sp³-hybridized carbons (Fsp3) is 0.375. The Morgan fingerprint density at radius 3 is 2.95 bits per heavy atom. The minimum absolute atomic E-state index is 0.729. The molecule has 20 heavy (non-hydrogen) atoms. The van der Waals surface area contributed by atoms with Crippen LogP contribution in [0.3, 0.4) is 0 Å². The monoisotopic (exact) mass is 268 g/mol. The molecule has 104 valence electrons. The first kappa shape index (κ1) is 12.9. The summed E-state index contributed by atoms with van der Waals surface area (Å²) in [5.74, 6) is 1.63. The number of nitrogens with zero attached hydrogens (tertiary/aromatic N) is 3. The van der Waals surface area contributed by atoms with Gasteiger partial charge in [0.1, 0.15) is 6.33 Å². The summed E-state index contributed by atoms with van der Waals surface area (Å²) in [6.07, 6.45) is 9.97. The Bertz CT molecular complexity index is 600. The van der Waals surface area contributed by atoms with Crippen molar-refractivity contribution in [2.75, 3.05) is 11.9 Å². The van der Waals surface area contributed by atoms with Crippen LogP contribution in [0.25, 0.3) is 11.4 Å². The molecule has 0 saturated carbocycles. The molecular weight excluding hydrogens is 248 g/mol. The van der Waals surface area contributed by atoms with Crippen LogP contribution in [0.5, 0.6) is 0 Å². The quantitative estimate of drug-likeness (QED) is 0.866. The predicted octanol–water partition coefficient (Wildman–Crippen LogP) is 3.25. The number of allylic oxidation sites excluding steroid dienone is 2. The van der Waals surface area contributed by atoms with E-state index in [0.717, 1.165) is 29.5 Å². The summed E-state index contributed by atoms with van der Waals surface area (Å²) in [5, 5.41) is 11.8. The first-order valence-electron chi connectivity index (χ1n) is 7.17. The van der Waals surface area contributed by atoms with Gasteiger partial charge in [-0.25, -0.2) is 0 Å². The molecule has 0 amide bonds. The van der Waals surface area contributed by atoms with E-state index in [1.54, 1.807) is 6.33 Å². The van der Waals surface area contributed by atoms with Gasteiger partial charge in [-0.3, -0.25) is 0 Å². The van der Waals surface area contributed by atoms with Crippen molar-refractivity contribution in [3.63, 3.8) is 0 Å². The van der Waals surface area contributed by atoms with Crippen molar-refractivity contribution in [2.45, 2.75) is 19.3 Å². The highest BCUT2D eigenvalue weighted by Gasteiger charge is 2.13. The van der Waals surface area contributed by atoms with Crippen LogP contribution in [0.15, 0.2) is 42.7 Å². The number of rotatable bonds is 4. The van der Waals surface area contributed by atoms with Crippen molar-refractivity contribution in [3.8, 4) is 11.4 Å². The molecule has 1 aliphatic carbocycles. The van der Waals surface area contributed by atoms with Gasteiger partial charge in [-0.15, -0.1) is 10.2 Å². The maximum absolute atomic E-state index is 4.20. The molecule has 0 radical (unpaired) electrons. The van der Waals surface area contributed by atoms with E-state index >= 15 is 0 Å². The Hall–Kier alpha value is -2.10. The molecule has 1 unspecified atom stereocenters. The zero-order valence-electron chi connectivity index (χ0n) is 11.8. The minimum Gasteiger partial charge on any atom is -0.384 e. The van der Waals surface area contributed by atoms with Gasteiger partial charge in [-0.2, -0.15) is 0 Å². The summed E-state index contributed by atoms with van der Waals surface area (Å²) < 4.78 is 1.95. The van der Waals surface area contributed by atoms with E-state index in [1.165, 1.54) is 19.3 Å². The van der Waals surface area contributed by atoms with Crippen molar-refractivity contribution >= 4 is 5.69 Å². The largest absolute Gasteiger partial charge is 0.384 e. The number of anilines is 1. The molecule has 0 bridgehead atoms. The Kier molecular flexibility index (Phi) is 3.81. The second kappa shape index (κ2) is 5.90. The number of benzene rings is 1. The smallest absolute Gasteiger partial charge is 0.165 e. The highest BCUT2D eigenvalue weighted by Crippen LogP contribution is 2.27. The summed E-state index contributed by atoms with van der Waals surface area (Å²) in [5.41, 5.74) is 2.25. The van der Waals surface area contributed by atoms with Gasteiger partial charge >= 0.3 is 0 Å². The van der Waals surface area contributed by atoms with E-state index in [0.29, 0.717) is 0 Å². The Balaban J connectivity index is 1.76. The minimum atomic E-state index is 0.729. The summed E-state index contributed by atoms with van der Waals surface area (Å²) in [6.45, 7) is 1.01. The van der Waals surface area contributed by atoms with Crippen molar-refractivity contribution in [3.05, 3.63) is 42.7 Å². The lowest BCUT2D eigenvalue weighted by atomic mass is 9.94. The van der Waals surface area contributed by atoms with Crippen molar-refractivity contribution in [2.24, 2.45) is 13.0 Å². The van der Waals surface area contributed by atoms with Gasteiger partial charge in [0.2, 0.25) is 0 Å². The molecule has 4 heteroatoms. The van der Waals surface area contributed by atoms with Crippen LogP contribution >= 0.6 is 0 Å². The number of para-hydroxylation sites is 1. The predicted molar refractivity (Wildman–Crippen MR) is 81.4 cm³/mol. The third kappa shape index (κ3) is 2.74. The average molecular weight is 268 g/mol. The highest BCUT2D eigenvalue weighted by atomic mass is 15.2. The third-order valence-electron chi connectivity index (χ3n) is 3.84. The molecule has 0 aliphatic heterocycles. The van der Waals surface area contributed by atoms with E-state index in [4.69, 9.17) is 0 Å². The van der Waals surface area contributed by atoms with Gasteiger partial charge in [-0.1, -0.05) is 24.3 Å². The SMILES string of the molecule is Cn1cnnc1-c1ccccc1NCC1CC=CCC1. The van der Waals surface area contributed by atoms with Crippen LogP contribution in [-0.2, 0) is 7.05 Å². The maximum atomic E-state index is 4.20. The molecule has 1 aliphatic rings. The van der Waals surface area contributed by atoms with E-state index in [1.807, 2.05) is 17.7 Å². The molecule has 1 N–H and O–H groups in total. The molecule has 1 heterocycles. The Morgan fingerprint density at radius 1 is 1.30 bits per heavy atom. The number of nitrogens with one attached hydrogen (secondary N) is 1. The standard InChI is InChI=1S/C16H20N4/c1-20-12-18-19-16(20)14-9-5-6-10-15(14)17-11-13-7-3-2-4-8-13/h2-3,5-6,9-10,12-13,17H,4,7-8,11H2,1H3. The summed E-state index contributed by atoms with van der Waals surface area (Å²) in [6, 6.07) is 8.30. The van der Waals surface area contributed by atoms with Crippen molar-refractivity contribution in [1.82, 2.24) is 14.8 Å². The maximum Gasteiger partial charge on any atom is 0.165 e. The molecule has 4 nitrogen and oxygen atoms in total. The molecule has 1 atom stereocenters. The molecule has 1 aromatic heterocycles. The molecule has 0 spiro atoms. The highest BCUT2D eigenvalue weighted by molar-refractivity contribution is 5.73. The molecule has 3 rings (SSSR count). The lowest BCUT2D eigenvalue weighted by molar-refractivity contribution is 0.504. The summed E-state index contributed by atoms with van der Waals surface area (Å²) >= 11 is 0. The van der Waals surface area contributed by atoms with E-state index in [2.05, 4.69) is 45.9 Å². The second-order valence-corrected chi connectivity index (χ2v) is 5.34. The van der Waals surface area contributed by atoms with E-state index in [-0.39, 0.29) is 0 Å². The van der Waals surface area contributed by atoms with Crippen LogP contribution in [0.2, 0.25) is 0 Å². The number of aromatic nitrogens is 3. The Morgan fingerprint density at radius 2 is 2.20 bits per heavy atom. The van der Waals surface area contributed by atoms with E-state index < -0.39 is 0 Å². The second-order valence-electron chi connectivity index (χ2n) is 5.34. The van der Waals surface area contributed by atoms with Gasteiger partial charge in [0.05, 0.1) is 0 Å². The number of hydrogen-bond acceptors (Lipinski definition) is 3. The normalized spacial score (nSPS) is 18.1. The van der Waals surface area contributed by atoms with Crippen molar-refractivity contribution in [1.29, 1.82) is 0 Å². The van der Waals surface area contributed by atoms with Gasteiger partial charge in [0, 0.05) is 24.8 Å². The fourth-order valence-electron chi connectivity index (χ4n) is 2.66. The zero-order chi connectivity index (χ0) is 13.8. The molecule has 1 aromatic carbocycles. The average Bonchev–Trinajstić information content (AvgIpc) is 2.92. The van der Waals surface area contributed by atoms with E-state index in [9.17, 15) is 0 Å². The molecule has 2 aromatic rings. The molecular formula is C16H20N4. The lowest BCUT2D eigenvalue weighted by Gasteiger charge is -2.20. The Labute approximate surface area is 119 Å². The summed E-state index contributed by atoms with van der Waals surface area (Å²) in [7, 11) is 1.97. The fourth-order valence-corrected chi connectivity index (χ4v) is 2.66. The topological polar surface area (TPSA) is 42.7 Å². The van der Waals surface area contributed by atoms with Gasteiger partial charge in [-0.05, 0) is 37.3 Å². The van der Waals surface area contributed by atoms with Crippen LogP contribution < -0.4 is 5.32 Å². The van der Waals surface area contributed by atoms with Crippen LogP contribution in [-0.4, -0.2) is 21.3 Å². The first-order chi connectivity index (χ1) is 9.84. The third-order valence-corrected chi connectivity index (χ3v) is 3.84. The number of aryl methyl sites for hydroxylation is 1. The molecule has 0 saturated heterocycles. The van der Waals surface area contributed by atoms with Crippen LogP contribution in [0.4, 0.5) is 5.69 Å². The molecule has 0 fully saturated rings. The van der Waals surface area contributed by atoms with Gasteiger partial charge < -0.3 is 9.88 Å². The van der Waals surface area contributed by atoms with Gasteiger partial charge in [0.25, 0.3) is 0 Å². The first-order valence-corrected chi connectivity index (χ1v) is 7.17. The number of hydrogen-bond donors (Lipinski definition) is 1. The van der Waals surface area contributed by atoms with Crippen LogP contribution in [0, 0.1) is 5.92 Å². The lowest BCUT2D eigenvalue weighted by Crippen LogP contribution is -2.15.